The lowest BCUT2D eigenvalue weighted by Gasteiger charge is -2.24. The third-order valence-corrected chi connectivity index (χ3v) is 5.51. The number of nitrogens with one attached hydrogen (secondary N) is 2. The Balaban J connectivity index is 1.60. The van der Waals surface area contributed by atoms with Crippen LogP contribution in [0.3, 0.4) is 0 Å². The van der Waals surface area contributed by atoms with Crippen LogP contribution >= 0.6 is 0 Å². The topological polar surface area (TPSA) is 94.6 Å². The van der Waals surface area contributed by atoms with Gasteiger partial charge in [-0.25, -0.2) is 9.37 Å². The molecule has 0 aliphatic carbocycles. The number of nitrogens with zero attached hydrogens (tertiary/aromatic N) is 2. The average molecular weight is 443 g/mol. The number of aryl methyl sites for hydroxylation is 1. The smallest absolute Gasteiger partial charge is 0.305 e. The first-order valence-electron chi connectivity index (χ1n) is 11.2. The quantitative estimate of drug-likeness (QED) is 0.495. The minimum Gasteiger partial charge on any atom is -0.481 e. The van der Waals surface area contributed by atoms with Crippen LogP contribution in [0.1, 0.15) is 49.0 Å². The summed E-state index contributed by atoms with van der Waals surface area (Å²) in [7, 11) is 0. The highest BCUT2D eigenvalue weighted by molar-refractivity contribution is 5.79. The minimum atomic E-state index is -1.06. The molecule has 7 nitrogen and oxygen atoms in total. The summed E-state index contributed by atoms with van der Waals surface area (Å²) < 4.78 is 13.6. The van der Waals surface area contributed by atoms with Crippen LogP contribution in [0.4, 0.5) is 10.2 Å². The molecule has 2 aromatic rings. The average Bonchev–Trinajstić information content (AvgIpc) is 2.76. The highest BCUT2D eigenvalue weighted by Gasteiger charge is 2.20. The molecule has 1 aromatic heterocycles. The van der Waals surface area contributed by atoms with E-state index in [9.17, 15) is 19.1 Å². The van der Waals surface area contributed by atoms with Gasteiger partial charge in [0.05, 0.1) is 19.0 Å². The predicted molar refractivity (Wildman–Crippen MR) is 121 cm³/mol. The molecule has 0 saturated carbocycles. The summed E-state index contributed by atoms with van der Waals surface area (Å²) in [5.74, 6) is -0.849. The van der Waals surface area contributed by atoms with Crippen molar-refractivity contribution >= 4 is 17.7 Å². The van der Waals surface area contributed by atoms with E-state index in [0.29, 0.717) is 18.5 Å². The highest BCUT2D eigenvalue weighted by Crippen LogP contribution is 2.20. The Labute approximate surface area is 188 Å². The maximum Gasteiger partial charge on any atom is 0.305 e. The van der Waals surface area contributed by atoms with Crippen LogP contribution < -0.4 is 10.6 Å². The molecule has 0 radical (unpaired) electrons. The van der Waals surface area contributed by atoms with E-state index in [1.54, 1.807) is 6.07 Å². The molecule has 0 bridgehead atoms. The van der Waals surface area contributed by atoms with E-state index in [4.69, 9.17) is 4.98 Å². The van der Waals surface area contributed by atoms with Gasteiger partial charge in [0.2, 0.25) is 5.91 Å². The molecule has 3 rings (SSSR count). The number of fused-ring (bicyclic) bond motifs is 1. The van der Waals surface area contributed by atoms with E-state index in [0.717, 1.165) is 43.9 Å². The van der Waals surface area contributed by atoms with Gasteiger partial charge in [0.25, 0.3) is 0 Å². The maximum atomic E-state index is 13.6. The summed E-state index contributed by atoms with van der Waals surface area (Å²) in [6.45, 7) is 4.53. The second kappa shape index (κ2) is 11.6. The lowest BCUT2D eigenvalue weighted by molar-refractivity contribution is -0.137. The van der Waals surface area contributed by atoms with E-state index in [2.05, 4.69) is 16.7 Å². The van der Waals surface area contributed by atoms with E-state index >= 15 is 0 Å². The van der Waals surface area contributed by atoms with Crippen molar-refractivity contribution in [2.75, 3.05) is 31.5 Å². The first-order valence-corrected chi connectivity index (χ1v) is 11.2. The number of aromatic nitrogens is 1. The SMILES string of the molecule is CCCN(CCc1ccc2c(n1)NCCC2)CC(=O)N[C@@H](CC(=O)O)c1cccc(F)c1. The molecule has 172 valence electrons. The molecule has 1 amide bonds. The minimum absolute atomic E-state index is 0.141. The molecule has 0 saturated heterocycles. The second-order valence-corrected chi connectivity index (χ2v) is 8.14. The van der Waals surface area contributed by atoms with Crippen LogP contribution in [0, 0.1) is 5.82 Å². The molecule has 2 heterocycles. The molecule has 32 heavy (non-hydrogen) atoms. The number of aliphatic carboxylic acids is 1. The third-order valence-electron chi connectivity index (χ3n) is 5.51. The molecular weight excluding hydrogens is 411 g/mol. The summed E-state index contributed by atoms with van der Waals surface area (Å²) in [6.07, 6.45) is 3.45. The first kappa shape index (κ1) is 23.7. The molecular formula is C24H31FN4O3. The summed E-state index contributed by atoms with van der Waals surface area (Å²) in [5.41, 5.74) is 2.66. The second-order valence-electron chi connectivity index (χ2n) is 8.14. The van der Waals surface area contributed by atoms with Gasteiger partial charge in [0.15, 0.2) is 0 Å². The van der Waals surface area contributed by atoms with Crippen LogP contribution in [0.2, 0.25) is 0 Å². The zero-order valence-corrected chi connectivity index (χ0v) is 18.4. The van der Waals surface area contributed by atoms with Gasteiger partial charge in [-0.3, -0.25) is 14.5 Å². The number of carboxylic acid groups (broad SMARTS) is 1. The molecule has 1 aliphatic rings. The number of carbonyl (C=O) groups excluding carboxylic acids is 1. The van der Waals surface area contributed by atoms with Crippen molar-refractivity contribution in [3.8, 4) is 0 Å². The summed E-state index contributed by atoms with van der Waals surface area (Å²) in [5, 5.41) is 15.3. The van der Waals surface area contributed by atoms with Gasteiger partial charge >= 0.3 is 5.97 Å². The number of halogens is 1. The van der Waals surface area contributed by atoms with Crippen molar-refractivity contribution in [2.45, 2.75) is 45.1 Å². The molecule has 1 aliphatic heterocycles. The van der Waals surface area contributed by atoms with Crippen molar-refractivity contribution in [1.82, 2.24) is 15.2 Å². The number of benzene rings is 1. The van der Waals surface area contributed by atoms with Gasteiger partial charge < -0.3 is 15.7 Å². The van der Waals surface area contributed by atoms with Crippen LogP contribution in [0.15, 0.2) is 36.4 Å². The normalized spacial score (nSPS) is 13.8. The highest BCUT2D eigenvalue weighted by atomic mass is 19.1. The fourth-order valence-corrected chi connectivity index (χ4v) is 3.96. The van der Waals surface area contributed by atoms with Crippen molar-refractivity contribution in [2.24, 2.45) is 0 Å². The van der Waals surface area contributed by atoms with E-state index in [-0.39, 0.29) is 18.9 Å². The lowest BCUT2D eigenvalue weighted by atomic mass is 10.0. The zero-order chi connectivity index (χ0) is 22.9. The molecule has 0 unspecified atom stereocenters. The molecule has 0 fully saturated rings. The standard InChI is InChI=1S/C24H31FN4O3/c1-2-12-29(13-10-20-9-8-17-6-4-11-26-24(17)27-20)16-22(30)28-21(15-23(31)32)18-5-3-7-19(25)14-18/h3,5,7-9,14,21H,2,4,6,10-13,15-16H2,1H3,(H,26,27)(H,28,30)(H,31,32)/t21-/m0/s1. The van der Waals surface area contributed by atoms with Crippen LogP contribution in [-0.4, -0.2) is 53.0 Å². The third kappa shape index (κ3) is 7.02. The summed E-state index contributed by atoms with van der Waals surface area (Å²) in [4.78, 5) is 30.7. The van der Waals surface area contributed by atoms with E-state index in [1.165, 1.54) is 23.8 Å². The van der Waals surface area contributed by atoms with Crippen LogP contribution in [0.5, 0.6) is 0 Å². The zero-order valence-electron chi connectivity index (χ0n) is 18.4. The number of amides is 1. The van der Waals surface area contributed by atoms with Crippen molar-refractivity contribution < 1.29 is 19.1 Å². The van der Waals surface area contributed by atoms with Crippen molar-refractivity contribution in [1.29, 1.82) is 0 Å². The molecule has 1 aromatic carbocycles. The first-order chi connectivity index (χ1) is 15.4. The van der Waals surface area contributed by atoms with Crippen LogP contribution in [0.25, 0.3) is 0 Å². The van der Waals surface area contributed by atoms with Gasteiger partial charge in [-0.1, -0.05) is 25.1 Å². The predicted octanol–water partition coefficient (Wildman–Crippen LogP) is 3.17. The molecule has 0 spiro atoms. The summed E-state index contributed by atoms with van der Waals surface area (Å²) in [6, 6.07) is 9.06. The lowest BCUT2D eigenvalue weighted by Crippen LogP contribution is -2.40. The Hall–Kier alpha value is -3.00. The Morgan fingerprint density at radius 1 is 1.28 bits per heavy atom. The largest absolute Gasteiger partial charge is 0.481 e. The number of carbonyl (C=O) groups is 2. The van der Waals surface area contributed by atoms with Crippen LogP contribution in [-0.2, 0) is 22.4 Å². The fraction of sp³-hybridized carbons (Fsp3) is 0.458. The molecule has 3 N–H and O–H groups in total. The van der Waals surface area contributed by atoms with Crippen molar-refractivity contribution in [3.05, 3.63) is 59.0 Å². The van der Waals surface area contributed by atoms with E-state index in [1.807, 2.05) is 17.9 Å². The monoisotopic (exact) mass is 442 g/mol. The Kier molecular flexibility index (Phi) is 8.56. The molecule has 8 heteroatoms. The van der Waals surface area contributed by atoms with Gasteiger partial charge in [-0.15, -0.1) is 0 Å². The number of hydrogen-bond donors (Lipinski definition) is 3. The summed E-state index contributed by atoms with van der Waals surface area (Å²) >= 11 is 0. The number of pyridine rings is 1. The van der Waals surface area contributed by atoms with Gasteiger partial charge in [-0.05, 0) is 55.1 Å². The number of hydrogen-bond acceptors (Lipinski definition) is 5. The van der Waals surface area contributed by atoms with Crippen molar-refractivity contribution in [3.63, 3.8) is 0 Å². The fourth-order valence-electron chi connectivity index (χ4n) is 3.96. The Bertz CT molecular complexity index is 937. The van der Waals surface area contributed by atoms with Gasteiger partial charge in [0, 0.05) is 25.2 Å². The van der Waals surface area contributed by atoms with Gasteiger partial charge in [0.1, 0.15) is 11.6 Å². The number of carboxylic acids is 1. The number of rotatable bonds is 11. The van der Waals surface area contributed by atoms with Gasteiger partial charge in [-0.2, -0.15) is 0 Å². The molecule has 1 atom stereocenters. The Morgan fingerprint density at radius 3 is 2.88 bits per heavy atom. The Morgan fingerprint density at radius 2 is 2.12 bits per heavy atom. The van der Waals surface area contributed by atoms with E-state index < -0.39 is 17.8 Å². The maximum absolute atomic E-state index is 13.6. The number of anilines is 1.